The van der Waals surface area contributed by atoms with Crippen molar-refractivity contribution in [3.8, 4) is 0 Å². The van der Waals surface area contributed by atoms with Gasteiger partial charge in [-0.1, -0.05) is 5.21 Å². The van der Waals surface area contributed by atoms with Crippen molar-refractivity contribution < 1.29 is 9.18 Å². The first-order chi connectivity index (χ1) is 9.20. The van der Waals surface area contributed by atoms with E-state index in [0.29, 0.717) is 13.0 Å². The maximum atomic E-state index is 12.9. The third-order valence-corrected chi connectivity index (χ3v) is 4.38. The summed E-state index contributed by atoms with van der Waals surface area (Å²) in [5.41, 5.74) is 2.07. The van der Waals surface area contributed by atoms with E-state index in [4.69, 9.17) is 0 Å². The van der Waals surface area contributed by atoms with Crippen LogP contribution < -0.4 is 0 Å². The molecule has 2 heterocycles. The van der Waals surface area contributed by atoms with E-state index in [1.165, 1.54) is 0 Å². The predicted molar refractivity (Wildman–Crippen MR) is 67.2 cm³/mol. The van der Waals surface area contributed by atoms with Crippen molar-refractivity contribution in [1.82, 2.24) is 19.9 Å². The number of likely N-dealkylation sites (tertiary alicyclic amines) is 1. The van der Waals surface area contributed by atoms with Gasteiger partial charge in [0.15, 0.2) is 0 Å². The van der Waals surface area contributed by atoms with E-state index in [-0.39, 0.29) is 17.9 Å². The summed E-state index contributed by atoms with van der Waals surface area (Å²) in [7, 11) is 1.86. The molecule has 104 valence electrons. The third kappa shape index (κ3) is 2.13. The Labute approximate surface area is 111 Å². The monoisotopic (exact) mass is 266 g/mol. The molecule has 1 aromatic rings. The lowest BCUT2D eigenvalue weighted by atomic mass is 9.88. The fraction of sp³-hybridized carbons (Fsp3) is 0.769. The van der Waals surface area contributed by atoms with Crippen LogP contribution in [0.4, 0.5) is 4.39 Å². The standard InChI is InChI=1S/C13H19FN4O/c1-17-12-7-9(4-5-11(12)15-16-17)13(19)18-6-2-3-10(18)8-14/h9-10H,2-8H2,1H3. The Morgan fingerprint density at radius 3 is 3.11 bits per heavy atom. The van der Waals surface area contributed by atoms with E-state index in [0.717, 1.165) is 37.1 Å². The number of nitrogens with zero attached hydrogens (tertiary/aromatic N) is 4. The number of aryl methyl sites for hydroxylation is 2. The van der Waals surface area contributed by atoms with Gasteiger partial charge in [0.05, 0.1) is 17.4 Å². The summed E-state index contributed by atoms with van der Waals surface area (Å²) in [6.45, 7) is 0.289. The van der Waals surface area contributed by atoms with Crippen LogP contribution in [0.3, 0.4) is 0 Å². The average Bonchev–Trinajstić information content (AvgIpc) is 3.04. The van der Waals surface area contributed by atoms with Crippen LogP contribution >= 0.6 is 0 Å². The van der Waals surface area contributed by atoms with Crippen molar-refractivity contribution in [2.75, 3.05) is 13.2 Å². The van der Waals surface area contributed by atoms with Gasteiger partial charge in [-0.25, -0.2) is 4.39 Å². The zero-order chi connectivity index (χ0) is 13.4. The van der Waals surface area contributed by atoms with E-state index >= 15 is 0 Å². The number of carbonyl (C=O) groups is 1. The summed E-state index contributed by atoms with van der Waals surface area (Å²) in [4.78, 5) is 14.3. The molecule has 1 saturated heterocycles. The van der Waals surface area contributed by atoms with Crippen LogP contribution in [0.25, 0.3) is 0 Å². The van der Waals surface area contributed by atoms with Crippen LogP contribution in [0, 0.1) is 5.92 Å². The molecule has 1 fully saturated rings. The first-order valence-corrected chi connectivity index (χ1v) is 6.94. The van der Waals surface area contributed by atoms with Crippen molar-refractivity contribution in [3.63, 3.8) is 0 Å². The van der Waals surface area contributed by atoms with Crippen molar-refractivity contribution in [1.29, 1.82) is 0 Å². The summed E-state index contributed by atoms with van der Waals surface area (Å²) < 4.78 is 14.7. The Morgan fingerprint density at radius 1 is 1.47 bits per heavy atom. The number of alkyl halides is 1. The van der Waals surface area contributed by atoms with Gasteiger partial charge in [0, 0.05) is 25.9 Å². The van der Waals surface area contributed by atoms with Crippen molar-refractivity contribution in [2.24, 2.45) is 13.0 Å². The zero-order valence-electron chi connectivity index (χ0n) is 11.2. The molecule has 5 nitrogen and oxygen atoms in total. The smallest absolute Gasteiger partial charge is 0.226 e. The maximum absolute atomic E-state index is 12.9. The van der Waals surface area contributed by atoms with Crippen molar-refractivity contribution in [2.45, 2.75) is 38.1 Å². The van der Waals surface area contributed by atoms with E-state index < -0.39 is 6.67 Å². The second-order valence-electron chi connectivity index (χ2n) is 5.53. The highest BCUT2D eigenvalue weighted by Crippen LogP contribution is 2.28. The first kappa shape index (κ1) is 12.6. The van der Waals surface area contributed by atoms with Gasteiger partial charge in [-0.3, -0.25) is 9.48 Å². The average molecular weight is 266 g/mol. The molecular weight excluding hydrogens is 247 g/mol. The van der Waals surface area contributed by atoms with Crippen LogP contribution in [0.1, 0.15) is 30.7 Å². The maximum Gasteiger partial charge on any atom is 0.226 e. The van der Waals surface area contributed by atoms with E-state index in [2.05, 4.69) is 10.3 Å². The summed E-state index contributed by atoms with van der Waals surface area (Å²) in [6.07, 6.45) is 4.01. The number of rotatable bonds is 2. The molecular formula is C13H19FN4O. The zero-order valence-corrected chi connectivity index (χ0v) is 11.2. The number of carbonyl (C=O) groups excluding carboxylic acids is 1. The Kier molecular flexibility index (Phi) is 3.24. The number of hydrogen-bond acceptors (Lipinski definition) is 3. The lowest BCUT2D eigenvalue weighted by Gasteiger charge is -2.29. The Bertz CT molecular complexity index is 487. The minimum atomic E-state index is -0.420. The minimum Gasteiger partial charge on any atom is -0.337 e. The molecule has 2 unspecified atom stereocenters. The molecule has 0 aromatic carbocycles. The molecule has 0 radical (unpaired) electrons. The second-order valence-corrected chi connectivity index (χ2v) is 5.53. The summed E-state index contributed by atoms with van der Waals surface area (Å²) >= 11 is 0. The van der Waals surface area contributed by atoms with Crippen LogP contribution in [0.2, 0.25) is 0 Å². The summed E-state index contributed by atoms with van der Waals surface area (Å²) in [6, 6.07) is -0.196. The SMILES string of the molecule is Cn1nnc2c1CC(C(=O)N1CCCC1CF)CC2. The number of fused-ring (bicyclic) bond motifs is 1. The van der Waals surface area contributed by atoms with Crippen molar-refractivity contribution >= 4 is 5.91 Å². The molecule has 2 aliphatic rings. The molecule has 0 N–H and O–H groups in total. The molecule has 3 rings (SSSR count). The van der Waals surface area contributed by atoms with Gasteiger partial charge >= 0.3 is 0 Å². The van der Waals surface area contributed by atoms with E-state index in [1.807, 2.05) is 7.05 Å². The van der Waals surface area contributed by atoms with Gasteiger partial charge in [0.2, 0.25) is 5.91 Å². The molecule has 0 bridgehead atoms. The van der Waals surface area contributed by atoms with Gasteiger partial charge in [-0.05, 0) is 25.7 Å². The van der Waals surface area contributed by atoms with Crippen LogP contribution in [-0.4, -0.2) is 45.1 Å². The number of halogens is 1. The topological polar surface area (TPSA) is 51.0 Å². The quantitative estimate of drug-likeness (QED) is 0.798. The minimum absolute atomic E-state index is 0.0307. The summed E-state index contributed by atoms with van der Waals surface area (Å²) in [5, 5.41) is 8.11. The highest BCUT2D eigenvalue weighted by atomic mass is 19.1. The van der Waals surface area contributed by atoms with Crippen LogP contribution in [-0.2, 0) is 24.7 Å². The Morgan fingerprint density at radius 2 is 2.32 bits per heavy atom. The summed E-state index contributed by atoms with van der Waals surface area (Å²) in [5.74, 6) is 0.0869. The molecule has 0 spiro atoms. The fourth-order valence-corrected chi connectivity index (χ4v) is 3.24. The van der Waals surface area contributed by atoms with E-state index in [1.54, 1.807) is 9.58 Å². The third-order valence-electron chi connectivity index (χ3n) is 4.38. The normalized spacial score (nSPS) is 26.5. The lowest BCUT2D eigenvalue weighted by Crippen LogP contribution is -2.42. The van der Waals surface area contributed by atoms with Crippen LogP contribution in [0.15, 0.2) is 0 Å². The fourth-order valence-electron chi connectivity index (χ4n) is 3.24. The van der Waals surface area contributed by atoms with Gasteiger partial charge in [0.25, 0.3) is 0 Å². The molecule has 0 saturated carbocycles. The molecule has 1 amide bonds. The lowest BCUT2D eigenvalue weighted by molar-refractivity contribution is -0.137. The van der Waals surface area contributed by atoms with Gasteiger partial charge in [-0.15, -0.1) is 5.10 Å². The van der Waals surface area contributed by atoms with Crippen molar-refractivity contribution in [3.05, 3.63) is 11.4 Å². The molecule has 2 atom stereocenters. The van der Waals surface area contributed by atoms with Gasteiger partial charge < -0.3 is 4.90 Å². The first-order valence-electron chi connectivity index (χ1n) is 6.94. The number of hydrogen-bond donors (Lipinski definition) is 0. The molecule has 19 heavy (non-hydrogen) atoms. The number of amides is 1. The van der Waals surface area contributed by atoms with E-state index in [9.17, 15) is 9.18 Å². The van der Waals surface area contributed by atoms with Gasteiger partial charge in [-0.2, -0.15) is 0 Å². The molecule has 1 aliphatic carbocycles. The molecule has 1 aliphatic heterocycles. The van der Waals surface area contributed by atoms with Crippen LogP contribution in [0.5, 0.6) is 0 Å². The Balaban J connectivity index is 1.74. The predicted octanol–water partition coefficient (Wildman–Crippen LogP) is 0.880. The Hall–Kier alpha value is -1.46. The second kappa shape index (κ2) is 4.90. The number of aromatic nitrogens is 3. The molecule has 6 heteroatoms. The molecule has 1 aromatic heterocycles. The van der Waals surface area contributed by atoms with Gasteiger partial charge in [0.1, 0.15) is 6.67 Å². The highest BCUT2D eigenvalue weighted by molar-refractivity contribution is 5.80. The highest BCUT2D eigenvalue weighted by Gasteiger charge is 2.35. The largest absolute Gasteiger partial charge is 0.337 e.